The van der Waals surface area contributed by atoms with Gasteiger partial charge >= 0.3 is 0 Å². The molecule has 9 nitrogen and oxygen atoms in total. The number of halogens is 1. The minimum atomic E-state index is -0.594. The molecule has 1 aliphatic rings. The molecule has 1 amide bonds. The SMILES string of the molecule is COc1ccc(CCCN2CCOCC2)cc1C(=O)Nc1cc(-c2nnc(-c3ccco3)o2)ccc1F. The molecule has 0 saturated carbocycles. The first-order chi connectivity index (χ1) is 18.1. The van der Waals surface area contributed by atoms with Crippen LogP contribution in [0.3, 0.4) is 0 Å². The molecule has 2 aromatic carbocycles. The maximum atomic E-state index is 14.7. The second-order valence-electron chi connectivity index (χ2n) is 8.63. The van der Waals surface area contributed by atoms with Crippen LogP contribution >= 0.6 is 0 Å². The lowest BCUT2D eigenvalue weighted by atomic mass is 10.0. The highest BCUT2D eigenvalue weighted by atomic mass is 19.1. The zero-order valence-electron chi connectivity index (χ0n) is 20.4. The van der Waals surface area contributed by atoms with E-state index in [4.69, 9.17) is 18.3 Å². The molecular weight excluding hydrogens is 479 g/mol. The van der Waals surface area contributed by atoms with Gasteiger partial charge in [0.15, 0.2) is 5.76 Å². The molecule has 4 aromatic rings. The maximum absolute atomic E-state index is 14.7. The number of nitrogens with one attached hydrogen (secondary N) is 1. The number of hydrogen-bond acceptors (Lipinski definition) is 8. The van der Waals surface area contributed by atoms with Crippen LogP contribution in [0.2, 0.25) is 0 Å². The predicted molar refractivity (Wildman–Crippen MR) is 134 cm³/mol. The number of morpholine rings is 1. The highest BCUT2D eigenvalue weighted by Gasteiger charge is 2.18. The van der Waals surface area contributed by atoms with Gasteiger partial charge in [0.05, 0.1) is 37.8 Å². The van der Waals surface area contributed by atoms with Gasteiger partial charge in [-0.2, -0.15) is 0 Å². The fourth-order valence-electron chi connectivity index (χ4n) is 4.20. The first-order valence-corrected chi connectivity index (χ1v) is 12.1. The largest absolute Gasteiger partial charge is 0.496 e. The van der Waals surface area contributed by atoms with E-state index in [1.807, 2.05) is 6.07 Å². The van der Waals surface area contributed by atoms with Crippen molar-refractivity contribution in [2.75, 3.05) is 45.3 Å². The summed E-state index contributed by atoms with van der Waals surface area (Å²) in [5.74, 6) is 0.123. The lowest BCUT2D eigenvalue weighted by molar-refractivity contribution is 0.0374. The molecule has 1 aliphatic heterocycles. The molecule has 5 rings (SSSR count). The fourth-order valence-corrected chi connectivity index (χ4v) is 4.20. The van der Waals surface area contributed by atoms with Gasteiger partial charge < -0.3 is 23.6 Å². The average Bonchev–Trinajstić information content (AvgIpc) is 3.63. The summed E-state index contributed by atoms with van der Waals surface area (Å²) in [6.45, 7) is 4.38. The monoisotopic (exact) mass is 506 g/mol. The van der Waals surface area contributed by atoms with Crippen molar-refractivity contribution in [3.05, 3.63) is 71.7 Å². The Morgan fingerprint density at radius 1 is 1.11 bits per heavy atom. The van der Waals surface area contributed by atoms with E-state index in [2.05, 4.69) is 20.4 Å². The molecule has 0 radical (unpaired) electrons. The number of rotatable bonds is 9. The van der Waals surface area contributed by atoms with Crippen LogP contribution in [0.25, 0.3) is 23.1 Å². The fraction of sp³-hybridized carbons (Fsp3) is 0.296. The van der Waals surface area contributed by atoms with Crippen molar-refractivity contribution in [3.63, 3.8) is 0 Å². The van der Waals surface area contributed by atoms with Crippen molar-refractivity contribution in [2.24, 2.45) is 0 Å². The molecule has 1 fully saturated rings. The van der Waals surface area contributed by atoms with Crippen LogP contribution in [0.1, 0.15) is 22.3 Å². The molecule has 0 spiro atoms. The Bertz CT molecular complexity index is 1350. The summed E-state index contributed by atoms with van der Waals surface area (Å²) in [6, 6.07) is 13.1. The zero-order chi connectivity index (χ0) is 25.6. The normalized spacial score (nSPS) is 14.0. The van der Waals surface area contributed by atoms with Gasteiger partial charge in [0.1, 0.15) is 11.6 Å². The molecule has 1 N–H and O–H groups in total. The lowest BCUT2D eigenvalue weighted by Gasteiger charge is -2.26. The van der Waals surface area contributed by atoms with Crippen LogP contribution in [0.15, 0.2) is 63.6 Å². The first kappa shape index (κ1) is 24.7. The summed E-state index contributed by atoms with van der Waals surface area (Å²) in [5, 5.41) is 10.6. The van der Waals surface area contributed by atoms with Gasteiger partial charge in [-0.05, 0) is 67.4 Å². The number of carbonyl (C=O) groups excluding carboxylic acids is 1. The van der Waals surface area contributed by atoms with Gasteiger partial charge in [0.2, 0.25) is 5.89 Å². The zero-order valence-corrected chi connectivity index (χ0v) is 20.4. The Kier molecular flexibility index (Phi) is 7.57. The number of carbonyl (C=O) groups is 1. The average molecular weight is 507 g/mol. The second kappa shape index (κ2) is 11.4. The molecule has 0 unspecified atom stereocenters. The quantitative estimate of drug-likeness (QED) is 0.350. The third-order valence-electron chi connectivity index (χ3n) is 6.17. The standard InChI is InChI=1S/C27H27FN4O5/c1-34-23-9-6-18(4-2-10-32-11-14-35-15-12-32)16-20(23)25(33)29-22-17-19(7-8-21(22)28)26-30-31-27(37-26)24-5-3-13-36-24/h3,5-9,13,16-17H,2,4,10-12,14-15H2,1H3,(H,29,33). The second-order valence-corrected chi connectivity index (χ2v) is 8.63. The number of benzene rings is 2. The lowest BCUT2D eigenvalue weighted by Crippen LogP contribution is -2.36. The van der Waals surface area contributed by atoms with Crippen LogP contribution in [0.4, 0.5) is 10.1 Å². The van der Waals surface area contributed by atoms with Crippen molar-refractivity contribution in [1.29, 1.82) is 0 Å². The van der Waals surface area contributed by atoms with Crippen molar-refractivity contribution >= 4 is 11.6 Å². The van der Waals surface area contributed by atoms with E-state index in [1.165, 1.54) is 31.6 Å². The Labute approximate surface area is 213 Å². The number of furan rings is 1. The summed E-state index contributed by atoms with van der Waals surface area (Å²) in [6.07, 6.45) is 3.26. The molecule has 0 atom stereocenters. The van der Waals surface area contributed by atoms with Gasteiger partial charge in [-0.25, -0.2) is 4.39 Å². The number of ether oxygens (including phenoxy) is 2. The number of aromatic nitrogens is 2. The van der Waals surface area contributed by atoms with E-state index >= 15 is 0 Å². The minimum Gasteiger partial charge on any atom is -0.496 e. The highest BCUT2D eigenvalue weighted by Crippen LogP contribution is 2.28. The number of nitrogens with zero attached hydrogens (tertiary/aromatic N) is 3. The van der Waals surface area contributed by atoms with Crippen LogP contribution in [-0.4, -0.2) is 61.0 Å². The molecule has 0 aliphatic carbocycles. The molecule has 37 heavy (non-hydrogen) atoms. The highest BCUT2D eigenvalue weighted by molar-refractivity contribution is 6.06. The first-order valence-electron chi connectivity index (χ1n) is 12.1. The van der Waals surface area contributed by atoms with Crippen LogP contribution < -0.4 is 10.1 Å². The Balaban J connectivity index is 1.30. The minimum absolute atomic E-state index is 0.0139. The summed E-state index contributed by atoms with van der Waals surface area (Å²) >= 11 is 0. The number of methoxy groups -OCH3 is 1. The van der Waals surface area contributed by atoms with Crippen LogP contribution in [0, 0.1) is 5.82 Å². The molecule has 0 bridgehead atoms. The molecule has 1 saturated heterocycles. The van der Waals surface area contributed by atoms with Crippen LogP contribution in [-0.2, 0) is 11.2 Å². The Morgan fingerprint density at radius 2 is 1.95 bits per heavy atom. The maximum Gasteiger partial charge on any atom is 0.283 e. The molecule has 2 aromatic heterocycles. The van der Waals surface area contributed by atoms with Crippen molar-refractivity contribution in [1.82, 2.24) is 15.1 Å². The smallest absolute Gasteiger partial charge is 0.283 e. The van der Waals surface area contributed by atoms with Crippen molar-refractivity contribution in [3.8, 4) is 28.9 Å². The third-order valence-corrected chi connectivity index (χ3v) is 6.17. The van der Waals surface area contributed by atoms with Gasteiger partial charge in [-0.15, -0.1) is 10.2 Å². The van der Waals surface area contributed by atoms with Gasteiger partial charge in [0.25, 0.3) is 11.8 Å². The van der Waals surface area contributed by atoms with E-state index in [1.54, 1.807) is 24.3 Å². The molecule has 10 heteroatoms. The predicted octanol–water partition coefficient (Wildman–Crippen LogP) is 4.66. The molecular formula is C27H27FN4O5. The third kappa shape index (κ3) is 5.87. The number of hydrogen-bond donors (Lipinski definition) is 1. The topological polar surface area (TPSA) is 103 Å². The van der Waals surface area contributed by atoms with Gasteiger partial charge in [-0.1, -0.05) is 6.07 Å². The number of anilines is 1. The van der Waals surface area contributed by atoms with E-state index < -0.39 is 11.7 Å². The molecule has 3 heterocycles. The van der Waals surface area contributed by atoms with E-state index in [-0.39, 0.29) is 17.5 Å². The van der Waals surface area contributed by atoms with Crippen molar-refractivity contribution in [2.45, 2.75) is 12.8 Å². The summed E-state index contributed by atoms with van der Waals surface area (Å²) in [7, 11) is 1.50. The Morgan fingerprint density at radius 3 is 2.73 bits per heavy atom. The van der Waals surface area contributed by atoms with Gasteiger partial charge in [0, 0.05) is 18.7 Å². The van der Waals surface area contributed by atoms with Gasteiger partial charge in [-0.3, -0.25) is 9.69 Å². The summed E-state index contributed by atoms with van der Waals surface area (Å²) in [5.41, 5.74) is 1.77. The van der Waals surface area contributed by atoms with E-state index in [9.17, 15) is 9.18 Å². The summed E-state index contributed by atoms with van der Waals surface area (Å²) in [4.78, 5) is 15.6. The molecule has 192 valence electrons. The summed E-state index contributed by atoms with van der Waals surface area (Å²) < 4.78 is 36.4. The van der Waals surface area contributed by atoms with Crippen molar-refractivity contribution < 1.29 is 27.5 Å². The number of amides is 1. The number of aryl methyl sites for hydroxylation is 1. The van der Waals surface area contributed by atoms with E-state index in [0.29, 0.717) is 22.6 Å². The van der Waals surface area contributed by atoms with Crippen LogP contribution in [0.5, 0.6) is 5.75 Å². The Hall–Kier alpha value is -4.02. The van der Waals surface area contributed by atoms with E-state index in [0.717, 1.165) is 51.3 Å².